The highest BCUT2D eigenvalue weighted by atomic mass is 32.1. The van der Waals surface area contributed by atoms with E-state index in [0.717, 1.165) is 24.3 Å². The van der Waals surface area contributed by atoms with Crippen LogP contribution in [0, 0.1) is 17.2 Å². The molecule has 18 heavy (non-hydrogen) atoms. The number of carbonyl (C=O) groups is 1. The Kier molecular flexibility index (Phi) is 3.58. The standard InChI is InChI=1S/C13H17N3OS/c1-3-7(2)16-13-9(6-14)10(15)12(18-13)11(17)8-4-5-8/h7-8,16H,3-5,15H2,1-2H3. The van der Waals surface area contributed by atoms with Crippen molar-refractivity contribution >= 4 is 27.8 Å². The highest BCUT2D eigenvalue weighted by Gasteiger charge is 2.34. The predicted octanol–water partition coefficient (Wildman–Crippen LogP) is 3.01. The third kappa shape index (κ3) is 2.34. The Bertz CT molecular complexity index is 511. The van der Waals surface area contributed by atoms with Crippen molar-refractivity contribution in [3.8, 4) is 6.07 Å². The molecular weight excluding hydrogens is 246 g/mol. The molecule has 0 aromatic carbocycles. The first-order valence-corrected chi connectivity index (χ1v) is 7.03. The molecule has 4 nitrogen and oxygen atoms in total. The first kappa shape index (κ1) is 12.9. The Morgan fingerprint density at radius 1 is 1.67 bits per heavy atom. The summed E-state index contributed by atoms with van der Waals surface area (Å²) in [7, 11) is 0. The molecule has 96 valence electrons. The Morgan fingerprint density at radius 3 is 2.83 bits per heavy atom. The summed E-state index contributed by atoms with van der Waals surface area (Å²) in [4.78, 5) is 12.6. The van der Waals surface area contributed by atoms with Crippen molar-refractivity contribution < 1.29 is 4.79 Å². The lowest BCUT2D eigenvalue weighted by atomic mass is 10.1. The van der Waals surface area contributed by atoms with Gasteiger partial charge in [0.2, 0.25) is 0 Å². The number of nitrogen functional groups attached to an aromatic ring is 1. The fraction of sp³-hybridized carbons (Fsp3) is 0.538. The van der Waals surface area contributed by atoms with Gasteiger partial charge in [0.15, 0.2) is 5.78 Å². The maximum Gasteiger partial charge on any atom is 0.178 e. The summed E-state index contributed by atoms with van der Waals surface area (Å²) in [6, 6.07) is 2.36. The molecule has 1 atom stereocenters. The number of hydrogen-bond acceptors (Lipinski definition) is 5. The van der Waals surface area contributed by atoms with Crippen LogP contribution >= 0.6 is 11.3 Å². The van der Waals surface area contributed by atoms with Gasteiger partial charge in [-0.1, -0.05) is 6.92 Å². The van der Waals surface area contributed by atoms with Crippen LogP contribution in [0.25, 0.3) is 0 Å². The number of nitrogens with two attached hydrogens (primary N) is 1. The molecule has 1 aromatic rings. The number of Topliss-reactive ketones (excluding diaryl/α,β-unsaturated/α-hetero) is 1. The smallest absolute Gasteiger partial charge is 0.178 e. The van der Waals surface area contributed by atoms with Crippen LogP contribution in [0.2, 0.25) is 0 Å². The molecule has 0 aliphatic heterocycles. The SMILES string of the molecule is CCC(C)Nc1sc(C(=O)C2CC2)c(N)c1C#N. The van der Waals surface area contributed by atoms with Gasteiger partial charge in [0.05, 0.1) is 10.6 Å². The average Bonchev–Trinajstić information content (AvgIpc) is 3.15. The number of carbonyl (C=O) groups excluding carboxylic acids is 1. The Labute approximate surface area is 111 Å². The van der Waals surface area contributed by atoms with Gasteiger partial charge in [-0.3, -0.25) is 4.79 Å². The molecule has 5 heteroatoms. The molecule has 3 N–H and O–H groups in total. The van der Waals surface area contributed by atoms with Crippen LogP contribution < -0.4 is 11.1 Å². The van der Waals surface area contributed by atoms with Gasteiger partial charge < -0.3 is 11.1 Å². The summed E-state index contributed by atoms with van der Waals surface area (Å²) >= 11 is 1.32. The largest absolute Gasteiger partial charge is 0.396 e. The lowest BCUT2D eigenvalue weighted by Crippen LogP contribution is -2.13. The van der Waals surface area contributed by atoms with Gasteiger partial charge in [-0.05, 0) is 26.2 Å². The molecule has 0 saturated heterocycles. The normalized spacial score (nSPS) is 16.1. The fourth-order valence-electron chi connectivity index (χ4n) is 1.70. The van der Waals surface area contributed by atoms with E-state index in [1.807, 2.05) is 6.92 Å². The van der Waals surface area contributed by atoms with Crippen LogP contribution in [0.15, 0.2) is 0 Å². The second kappa shape index (κ2) is 4.99. The zero-order valence-electron chi connectivity index (χ0n) is 10.6. The fourth-order valence-corrected chi connectivity index (χ4v) is 2.90. The summed E-state index contributed by atoms with van der Waals surface area (Å²) < 4.78 is 0. The van der Waals surface area contributed by atoms with Gasteiger partial charge in [0.25, 0.3) is 0 Å². The molecule has 2 rings (SSSR count). The van der Waals surface area contributed by atoms with Crippen LogP contribution in [0.1, 0.15) is 48.3 Å². The van der Waals surface area contributed by atoms with E-state index in [-0.39, 0.29) is 17.7 Å². The van der Waals surface area contributed by atoms with Crippen molar-refractivity contribution in [2.24, 2.45) is 5.92 Å². The van der Waals surface area contributed by atoms with E-state index < -0.39 is 0 Å². The summed E-state index contributed by atoms with van der Waals surface area (Å²) in [5.41, 5.74) is 6.70. The molecule has 0 bridgehead atoms. The summed E-state index contributed by atoms with van der Waals surface area (Å²) in [5.74, 6) is 0.236. The van der Waals surface area contributed by atoms with E-state index in [1.165, 1.54) is 11.3 Å². The minimum Gasteiger partial charge on any atom is -0.396 e. The van der Waals surface area contributed by atoms with Crippen LogP contribution in [0.4, 0.5) is 10.7 Å². The van der Waals surface area contributed by atoms with Gasteiger partial charge in [-0.2, -0.15) is 5.26 Å². The molecule has 1 fully saturated rings. The molecule has 0 spiro atoms. The molecule has 0 amide bonds. The number of ketones is 1. The maximum atomic E-state index is 12.1. The van der Waals surface area contributed by atoms with E-state index in [9.17, 15) is 4.79 Å². The number of thiophene rings is 1. The van der Waals surface area contributed by atoms with E-state index in [4.69, 9.17) is 11.0 Å². The summed E-state index contributed by atoms with van der Waals surface area (Å²) in [6.07, 6.45) is 2.85. The molecule has 1 aliphatic rings. The molecule has 1 aromatic heterocycles. The van der Waals surface area contributed by atoms with Crippen molar-refractivity contribution in [1.29, 1.82) is 5.26 Å². The number of nitrogens with zero attached hydrogens (tertiary/aromatic N) is 1. The monoisotopic (exact) mass is 263 g/mol. The topological polar surface area (TPSA) is 78.9 Å². The van der Waals surface area contributed by atoms with E-state index in [0.29, 0.717) is 16.1 Å². The molecule has 1 unspecified atom stereocenters. The van der Waals surface area contributed by atoms with Gasteiger partial charge in [-0.15, -0.1) is 11.3 Å². The van der Waals surface area contributed by atoms with Crippen molar-refractivity contribution in [3.63, 3.8) is 0 Å². The number of hydrogen-bond donors (Lipinski definition) is 2. The summed E-state index contributed by atoms with van der Waals surface area (Å²) in [5, 5.41) is 13.1. The third-order valence-electron chi connectivity index (χ3n) is 3.22. The number of nitriles is 1. The van der Waals surface area contributed by atoms with Crippen molar-refractivity contribution in [2.75, 3.05) is 11.1 Å². The molecule has 1 saturated carbocycles. The number of anilines is 2. The second-order valence-corrected chi connectivity index (χ2v) is 5.77. The van der Waals surface area contributed by atoms with E-state index in [2.05, 4.69) is 18.3 Å². The number of rotatable bonds is 5. The average molecular weight is 263 g/mol. The first-order chi connectivity index (χ1) is 8.58. The highest BCUT2D eigenvalue weighted by molar-refractivity contribution is 7.19. The zero-order chi connectivity index (χ0) is 13.3. The minimum absolute atomic E-state index is 0.103. The van der Waals surface area contributed by atoms with E-state index >= 15 is 0 Å². The van der Waals surface area contributed by atoms with Crippen LogP contribution in [0.3, 0.4) is 0 Å². The lowest BCUT2D eigenvalue weighted by Gasteiger charge is -2.10. The lowest BCUT2D eigenvalue weighted by molar-refractivity contribution is 0.0972. The zero-order valence-corrected chi connectivity index (χ0v) is 11.4. The van der Waals surface area contributed by atoms with Crippen LogP contribution in [-0.2, 0) is 0 Å². The van der Waals surface area contributed by atoms with Gasteiger partial charge in [0.1, 0.15) is 16.6 Å². The highest BCUT2D eigenvalue weighted by Crippen LogP contribution is 2.41. The molecular formula is C13H17N3OS. The van der Waals surface area contributed by atoms with Crippen molar-refractivity contribution in [2.45, 2.75) is 39.2 Å². The van der Waals surface area contributed by atoms with Gasteiger partial charge in [-0.25, -0.2) is 0 Å². The Hall–Kier alpha value is -1.54. The van der Waals surface area contributed by atoms with E-state index in [1.54, 1.807) is 0 Å². The third-order valence-corrected chi connectivity index (χ3v) is 4.37. The first-order valence-electron chi connectivity index (χ1n) is 6.21. The van der Waals surface area contributed by atoms with Crippen molar-refractivity contribution in [1.82, 2.24) is 0 Å². The number of nitrogens with one attached hydrogen (secondary N) is 1. The van der Waals surface area contributed by atoms with Gasteiger partial charge in [0, 0.05) is 12.0 Å². The second-order valence-electron chi connectivity index (χ2n) is 4.75. The van der Waals surface area contributed by atoms with Gasteiger partial charge >= 0.3 is 0 Å². The van der Waals surface area contributed by atoms with Crippen molar-refractivity contribution in [3.05, 3.63) is 10.4 Å². The summed E-state index contributed by atoms with van der Waals surface area (Å²) in [6.45, 7) is 4.11. The Morgan fingerprint density at radius 2 is 2.33 bits per heavy atom. The molecule has 0 radical (unpaired) electrons. The quantitative estimate of drug-likeness (QED) is 0.800. The van der Waals surface area contributed by atoms with Crippen LogP contribution in [0.5, 0.6) is 0 Å². The maximum absolute atomic E-state index is 12.1. The predicted molar refractivity (Wildman–Crippen MR) is 73.9 cm³/mol. The van der Waals surface area contributed by atoms with Crippen LogP contribution in [-0.4, -0.2) is 11.8 Å². The minimum atomic E-state index is 0.103. The molecule has 1 aliphatic carbocycles. The molecule has 1 heterocycles. The Balaban J connectivity index is 2.32.